The highest BCUT2D eigenvalue weighted by Crippen LogP contribution is 2.31. The Kier molecular flexibility index (Phi) is 4.97. The van der Waals surface area contributed by atoms with Gasteiger partial charge in [0.2, 0.25) is 0 Å². The molecule has 0 unspecified atom stereocenters. The monoisotopic (exact) mass is 442 g/mol. The molecule has 5 aromatic rings. The SMILES string of the molecule is COc1ccc(-c2c(C)nn3c2ncc2c(=O)n(-c4cc(OC)ccc4OC)ccc23)cc1. The minimum absolute atomic E-state index is 0.229. The third-order valence-electron chi connectivity index (χ3n) is 5.71. The van der Waals surface area contributed by atoms with Gasteiger partial charge >= 0.3 is 0 Å². The average Bonchev–Trinajstić information content (AvgIpc) is 3.20. The van der Waals surface area contributed by atoms with Crippen LogP contribution in [-0.4, -0.2) is 40.5 Å². The van der Waals surface area contributed by atoms with Crippen LogP contribution in [0, 0.1) is 6.92 Å². The fraction of sp³-hybridized carbons (Fsp3) is 0.160. The molecular weight excluding hydrogens is 420 g/mol. The quantitative estimate of drug-likeness (QED) is 0.409. The number of fused-ring (bicyclic) bond motifs is 3. The van der Waals surface area contributed by atoms with Gasteiger partial charge < -0.3 is 14.2 Å². The summed E-state index contributed by atoms with van der Waals surface area (Å²) in [5, 5.41) is 5.14. The van der Waals surface area contributed by atoms with Crippen molar-refractivity contribution in [1.29, 1.82) is 0 Å². The number of rotatable bonds is 5. The lowest BCUT2D eigenvalue weighted by molar-refractivity contribution is 0.401. The van der Waals surface area contributed by atoms with Gasteiger partial charge in [0, 0.05) is 24.0 Å². The first-order valence-electron chi connectivity index (χ1n) is 10.3. The van der Waals surface area contributed by atoms with E-state index in [4.69, 9.17) is 19.3 Å². The van der Waals surface area contributed by atoms with Crippen molar-refractivity contribution in [2.24, 2.45) is 0 Å². The molecule has 0 radical (unpaired) electrons. The molecule has 8 heteroatoms. The van der Waals surface area contributed by atoms with Gasteiger partial charge in [-0.2, -0.15) is 5.10 Å². The number of aromatic nitrogens is 4. The van der Waals surface area contributed by atoms with E-state index in [0.717, 1.165) is 22.6 Å². The van der Waals surface area contributed by atoms with E-state index in [1.54, 1.807) is 56.4 Å². The van der Waals surface area contributed by atoms with Gasteiger partial charge in [-0.1, -0.05) is 12.1 Å². The van der Waals surface area contributed by atoms with Crippen molar-refractivity contribution >= 4 is 16.6 Å². The molecule has 5 rings (SSSR count). The maximum atomic E-state index is 13.4. The third-order valence-corrected chi connectivity index (χ3v) is 5.71. The zero-order chi connectivity index (χ0) is 23.1. The second-order valence-electron chi connectivity index (χ2n) is 7.51. The van der Waals surface area contributed by atoms with Gasteiger partial charge in [-0.05, 0) is 42.8 Å². The van der Waals surface area contributed by atoms with Crippen LogP contribution in [-0.2, 0) is 0 Å². The molecule has 33 heavy (non-hydrogen) atoms. The molecule has 0 aliphatic carbocycles. The highest BCUT2D eigenvalue weighted by Gasteiger charge is 2.18. The predicted octanol–water partition coefficient (Wildman–Crippen LogP) is 4.03. The van der Waals surface area contributed by atoms with E-state index in [-0.39, 0.29) is 5.56 Å². The molecular formula is C25H22N4O4. The Morgan fingerprint density at radius 3 is 2.30 bits per heavy atom. The van der Waals surface area contributed by atoms with Crippen LogP contribution in [0.15, 0.2) is 65.7 Å². The Bertz CT molecular complexity index is 1550. The fourth-order valence-electron chi connectivity index (χ4n) is 4.05. The first-order valence-corrected chi connectivity index (χ1v) is 10.3. The Hall–Kier alpha value is -4.33. The summed E-state index contributed by atoms with van der Waals surface area (Å²) in [5.74, 6) is 1.96. The largest absolute Gasteiger partial charge is 0.497 e. The molecule has 0 atom stereocenters. The molecule has 0 bridgehead atoms. The van der Waals surface area contributed by atoms with E-state index >= 15 is 0 Å². The molecule has 0 amide bonds. The Morgan fingerprint density at radius 2 is 1.61 bits per heavy atom. The predicted molar refractivity (Wildman–Crippen MR) is 126 cm³/mol. The van der Waals surface area contributed by atoms with Crippen molar-refractivity contribution in [2.75, 3.05) is 21.3 Å². The van der Waals surface area contributed by atoms with E-state index in [2.05, 4.69) is 4.98 Å². The van der Waals surface area contributed by atoms with Gasteiger partial charge in [0.15, 0.2) is 5.65 Å². The molecule has 0 fully saturated rings. The molecule has 0 N–H and O–H groups in total. The maximum Gasteiger partial charge on any atom is 0.266 e. The summed E-state index contributed by atoms with van der Waals surface area (Å²) in [6.07, 6.45) is 3.32. The number of hydrogen-bond donors (Lipinski definition) is 0. The second-order valence-corrected chi connectivity index (χ2v) is 7.51. The lowest BCUT2D eigenvalue weighted by Crippen LogP contribution is -2.19. The minimum atomic E-state index is -0.229. The molecule has 0 aliphatic heterocycles. The molecule has 2 aromatic carbocycles. The van der Waals surface area contributed by atoms with Crippen molar-refractivity contribution in [2.45, 2.75) is 6.92 Å². The lowest BCUT2D eigenvalue weighted by Gasteiger charge is -2.13. The summed E-state index contributed by atoms with van der Waals surface area (Å²) in [4.78, 5) is 18.1. The topological polar surface area (TPSA) is 79.9 Å². The summed E-state index contributed by atoms with van der Waals surface area (Å²) in [6.45, 7) is 1.93. The van der Waals surface area contributed by atoms with Crippen molar-refractivity contribution in [3.8, 4) is 34.1 Å². The number of methoxy groups -OCH3 is 3. The van der Waals surface area contributed by atoms with Gasteiger partial charge in [0.1, 0.15) is 17.2 Å². The van der Waals surface area contributed by atoms with Crippen molar-refractivity contribution in [3.05, 3.63) is 77.0 Å². The van der Waals surface area contributed by atoms with Crippen LogP contribution in [0.1, 0.15) is 5.69 Å². The van der Waals surface area contributed by atoms with Crippen molar-refractivity contribution in [3.63, 3.8) is 0 Å². The standard InChI is InChI=1S/C25H22N4O4/c1-15-23(16-5-7-17(31-2)8-6-16)24-26-14-19-20(29(24)27-15)11-12-28(25(19)30)21-13-18(32-3)9-10-22(21)33-4/h5-14H,1-4H3. The van der Waals surface area contributed by atoms with Crippen LogP contribution in [0.4, 0.5) is 0 Å². The Morgan fingerprint density at radius 1 is 0.879 bits per heavy atom. The van der Waals surface area contributed by atoms with E-state index < -0.39 is 0 Å². The number of ether oxygens (including phenoxy) is 3. The number of hydrogen-bond acceptors (Lipinski definition) is 6. The molecule has 3 aromatic heterocycles. The summed E-state index contributed by atoms with van der Waals surface area (Å²) in [7, 11) is 4.78. The number of aryl methyl sites for hydroxylation is 1. The zero-order valence-corrected chi connectivity index (χ0v) is 18.7. The highest BCUT2D eigenvalue weighted by atomic mass is 16.5. The van der Waals surface area contributed by atoms with Crippen LogP contribution in [0.5, 0.6) is 17.2 Å². The van der Waals surface area contributed by atoms with Crippen molar-refractivity contribution < 1.29 is 14.2 Å². The lowest BCUT2D eigenvalue weighted by atomic mass is 10.1. The molecule has 3 heterocycles. The Labute approximate surface area is 189 Å². The average molecular weight is 442 g/mol. The van der Waals surface area contributed by atoms with E-state index in [1.807, 2.05) is 37.3 Å². The zero-order valence-electron chi connectivity index (χ0n) is 18.7. The summed E-state index contributed by atoms with van der Waals surface area (Å²) >= 11 is 0. The van der Waals surface area contributed by atoms with Crippen molar-refractivity contribution in [1.82, 2.24) is 19.2 Å². The van der Waals surface area contributed by atoms with E-state index in [0.29, 0.717) is 33.7 Å². The summed E-state index contributed by atoms with van der Waals surface area (Å²) < 4.78 is 19.3. The molecule has 166 valence electrons. The first kappa shape index (κ1) is 20.6. The van der Waals surface area contributed by atoms with Crippen LogP contribution in [0.25, 0.3) is 33.4 Å². The molecule has 0 saturated carbocycles. The van der Waals surface area contributed by atoms with Crippen LogP contribution < -0.4 is 19.8 Å². The van der Waals surface area contributed by atoms with Gasteiger partial charge in [-0.25, -0.2) is 9.50 Å². The van der Waals surface area contributed by atoms with Gasteiger partial charge in [0.05, 0.1) is 43.6 Å². The van der Waals surface area contributed by atoms with Crippen LogP contribution in [0.3, 0.4) is 0 Å². The fourth-order valence-corrected chi connectivity index (χ4v) is 4.05. The summed E-state index contributed by atoms with van der Waals surface area (Å²) in [6, 6.07) is 14.9. The second kappa shape index (κ2) is 7.98. The van der Waals surface area contributed by atoms with Gasteiger partial charge in [-0.15, -0.1) is 0 Å². The first-order chi connectivity index (χ1) is 16.0. The third kappa shape index (κ3) is 3.27. The normalized spacial score (nSPS) is 11.2. The van der Waals surface area contributed by atoms with Gasteiger partial charge in [0.25, 0.3) is 5.56 Å². The van der Waals surface area contributed by atoms with E-state index in [9.17, 15) is 4.79 Å². The maximum absolute atomic E-state index is 13.4. The summed E-state index contributed by atoms with van der Waals surface area (Å²) in [5.41, 5.74) is 4.42. The van der Waals surface area contributed by atoms with Crippen LogP contribution in [0.2, 0.25) is 0 Å². The number of nitrogens with zero attached hydrogens (tertiary/aromatic N) is 4. The van der Waals surface area contributed by atoms with Gasteiger partial charge in [-0.3, -0.25) is 9.36 Å². The Balaban J connectivity index is 1.72. The molecule has 0 aliphatic rings. The van der Waals surface area contributed by atoms with E-state index in [1.165, 1.54) is 4.57 Å². The molecule has 0 spiro atoms. The molecule has 8 nitrogen and oxygen atoms in total. The number of pyridine rings is 1. The molecule has 0 saturated heterocycles. The number of benzene rings is 2. The van der Waals surface area contributed by atoms with Crippen LogP contribution >= 0.6 is 0 Å². The highest BCUT2D eigenvalue weighted by molar-refractivity contribution is 5.86. The smallest absolute Gasteiger partial charge is 0.266 e. The minimum Gasteiger partial charge on any atom is -0.497 e.